The number of rotatable bonds is 3. The van der Waals surface area contributed by atoms with Crippen molar-refractivity contribution in [2.24, 2.45) is 0 Å². The van der Waals surface area contributed by atoms with E-state index in [1.54, 1.807) is 0 Å². The molecule has 2 aromatic heterocycles. The molecule has 0 aliphatic rings. The van der Waals surface area contributed by atoms with Gasteiger partial charge in [0, 0.05) is 12.1 Å². The summed E-state index contributed by atoms with van der Waals surface area (Å²) >= 11 is 7.41. The van der Waals surface area contributed by atoms with E-state index in [2.05, 4.69) is 20.5 Å². The van der Waals surface area contributed by atoms with E-state index in [0.717, 1.165) is 9.90 Å². The molecule has 0 aliphatic heterocycles. The molecule has 7 heteroatoms. The fraction of sp³-hybridized carbons (Fsp3) is 0.143. The van der Waals surface area contributed by atoms with Crippen molar-refractivity contribution in [1.82, 2.24) is 15.2 Å². The molecule has 0 aromatic carbocycles. The van der Waals surface area contributed by atoms with Crippen LogP contribution in [0.3, 0.4) is 0 Å². The van der Waals surface area contributed by atoms with Gasteiger partial charge in [0.15, 0.2) is 0 Å². The van der Waals surface area contributed by atoms with Crippen LogP contribution in [0.15, 0.2) is 11.4 Å². The van der Waals surface area contributed by atoms with Crippen LogP contribution in [0.5, 0.6) is 0 Å². The minimum atomic E-state index is 0.295. The number of aromatic nitrogens is 3. The van der Waals surface area contributed by atoms with Gasteiger partial charge in [-0.05, 0) is 11.4 Å². The van der Waals surface area contributed by atoms with Crippen molar-refractivity contribution in [2.75, 3.05) is 11.1 Å². The van der Waals surface area contributed by atoms with Gasteiger partial charge in [-0.1, -0.05) is 11.6 Å². The van der Waals surface area contributed by atoms with Gasteiger partial charge in [-0.3, -0.25) is 0 Å². The Kier molecular flexibility index (Phi) is 2.55. The van der Waals surface area contributed by atoms with Gasteiger partial charge in [0.25, 0.3) is 0 Å². The Hall–Kier alpha value is -1.27. The molecule has 2 aromatic rings. The van der Waals surface area contributed by atoms with E-state index in [1.807, 2.05) is 11.4 Å². The molecule has 2 rings (SSSR count). The highest BCUT2D eigenvalue weighted by molar-refractivity contribution is 7.14. The fourth-order valence-corrected chi connectivity index (χ4v) is 1.90. The molecular formula is C7H8ClN5S. The average Bonchev–Trinajstić information content (AvgIpc) is 2.72. The molecule has 74 valence electrons. The summed E-state index contributed by atoms with van der Waals surface area (Å²) in [4.78, 5) is 3.90. The average molecular weight is 230 g/mol. The number of nitrogens with one attached hydrogen (secondary N) is 2. The van der Waals surface area contributed by atoms with E-state index in [0.29, 0.717) is 18.4 Å². The summed E-state index contributed by atoms with van der Waals surface area (Å²) in [7, 11) is 0. The number of H-pyrrole nitrogens is 1. The Bertz CT molecular complexity index is 423. The van der Waals surface area contributed by atoms with Crippen LogP contribution in [0.2, 0.25) is 4.34 Å². The maximum absolute atomic E-state index is 5.92. The van der Waals surface area contributed by atoms with Gasteiger partial charge >= 0.3 is 0 Å². The predicted molar refractivity (Wildman–Crippen MR) is 57.5 cm³/mol. The Morgan fingerprint density at radius 2 is 2.50 bits per heavy atom. The molecule has 14 heavy (non-hydrogen) atoms. The summed E-state index contributed by atoms with van der Waals surface area (Å²) in [6.07, 6.45) is 0. The van der Waals surface area contributed by atoms with Crippen LogP contribution < -0.4 is 11.1 Å². The number of hydrogen-bond donors (Lipinski definition) is 3. The molecule has 0 fully saturated rings. The first kappa shape index (κ1) is 9.29. The third-order valence-corrected chi connectivity index (χ3v) is 2.88. The number of nitrogen functional groups attached to an aromatic ring is 1. The highest BCUT2D eigenvalue weighted by atomic mass is 35.5. The van der Waals surface area contributed by atoms with Crippen LogP contribution in [-0.2, 0) is 6.54 Å². The molecule has 5 nitrogen and oxygen atoms in total. The first-order valence-electron chi connectivity index (χ1n) is 3.89. The molecule has 0 spiro atoms. The number of nitrogens with two attached hydrogens (primary N) is 1. The lowest BCUT2D eigenvalue weighted by Gasteiger charge is -1.98. The van der Waals surface area contributed by atoms with E-state index in [4.69, 9.17) is 17.3 Å². The van der Waals surface area contributed by atoms with Gasteiger partial charge in [-0.2, -0.15) is 4.98 Å². The van der Waals surface area contributed by atoms with Crippen molar-refractivity contribution < 1.29 is 0 Å². The van der Waals surface area contributed by atoms with Crippen molar-refractivity contribution in [2.45, 2.75) is 6.54 Å². The lowest BCUT2D eigenvalue weighted by Crippen LogP contribution is -2.00. The van der Waals surface area contributed by atoms with Gasteiger partial charge in [-0.15, -0.1) is 16.4 Å². The van der Waals surface area contributed by atoms with Gasteiger partial charge in [0.1, 0.15) is 0 Å². The first-order valence-corrected chi connectivity index (χ1v) is 5.15. The van der Waals surface area contributed by atoms with E-state index < -0.39 is 0 Å². The number of halogens is 1. The van der Waals surface area contributed by atoms with Crippen LogP contribution in [0, 0.1) is 0 Å². The molecule has 0 unspecified atom stereocenters. The lowest BCUT2D eigenvalue weighted by molar-refractivity contribution is 1.05. The fourth-order valence-electron chi connectivity index (χ4n) is 0.973. The lowest BCUT2D eigenvalue weighted by atomic mass is 10.3. The Balaban J connectivity index is 1.98. The zero-order chi connectivity index (χ0) is 9.97. The quantitative estimate of drug-likeness (QED) is 0.749. The molecular weight excluding hydrogens is 222 g/mol. The number of anilines is 2. The summed E-state index contributed by atoms with van der Waals surface area (Å²) in [6.45, 7) is 0.597. The monoisotopic (exact) mass is 229 g/mol. The second-order valence-corrected chi connectivity index (χ2v) is 4.14. The van der Waals surface area contributed by atoms with Gasteiger partial charge in [0.05, 0.1) is 4.34 Å². The predicted octanol–water partition coefficient (Wildman–Crippen LogP) is 1.71. The van der Waals surface area contributed by atoms with Crippen LogP contribution in [0.4, 0.5) is 11.9 Å². The van der Waals surface area contributed by atoms with Gasteiger partial charge < -0.3 is 11.1 Å². The van der Waals surface area contributed by atoms with E-state index in [9.17, 15) is 0 Å². The van der Waals surface area contributed by atoms with Gasteiger partial charge in [-0.25, -0.2) is 5.10 Å². The molecule has 0 aliphatic carbocycles. The van der Waals surface area contributed by atoms with Crippen molar-refractivity contribution in [3.63, 3.8) is 0 Å². The summed E-state index contributed by atoms with van der Waals surface area (Å²) in [5.74, 6) is 0.772. The smallest absolute Gasteiger partial charge is 0.243 e. The number of nitrogens with zero attached hydrogens (tertiary/aromatic N) is 2. The number of hydrogen-bond acceptors (Lipinski definition) is 5. The van der Waals surface area contributed by atoms with Crippen LogP contribution in [0.25, 0.3) is 0 Å². The van der Waals surface area contributed by atoms with Crippen LogP contribution >= 0.6 is 22.9 Å². The van der Waals surface area contributed by atoms with E-state index in [1.165, 1.54) is 11.3 Å². The minimum absolute atomic E-state index is 0.295. The molecule has 0 saturated heterocycles. The van der Waals surface area contributed by atoms with Crippen molar-refractivity contribution in [3.05, 3.63) is 21.3 Å². The normalized spacial score (nSPS) is 10.4. The summed E-state index contributed by atoms with van der Waals surface area (Å²) in [6, 6.07) is 1.95. The third-order valence-electron chi connectivity index (χ3n) is 1.63. The van der Waals surface area contributed by atoms with Crippen molar-refractivity contribution in [1.29, 1.82) is 0 Å². The number of aromatic amines is 1. The zero-order valence-electron chi connectivity index (χ0n) is 7.12. The van der Waals surface area contributed by atoms with Crippen molar-refractivity contribution in [3.8, 4) is 0 Å². The summed E-state index contributed by atoms with van der Waals surface area (Å²) in [5, 5.41) is 11.3. The van der Waals surface area contributed by atoms with Crippen LogP contribution in [-0.4, -0.2) is 15.2 Å². The Morgan fingerprint density at radius 1 is 1.64 bits per heavy atom. The van der Waals surface area contributed by atoms with Crippen molar-refractivity contribution >= 4 is 34.8 Å². The Morgan fingerprint density at radius 3 is 3.07 bits per heavy atom. The third kappa shape index (κ3) is 1.97. The summed E-state index contributed by atoms with van der Waals surface area (Å²) in [5.41, 5.74) is 6.39. The molecule has 0 atom stereocenters. The highest BCUT2D eigenvalue weighted by Gasteiger charge is 2.03. The maximum atomic E-state index is 5.92. The van der Waals surface area contributed by atoms with E-state index in [-0.39, 0.29) is 0 Å². The Labute approximate surface area is 89.3 Å². The first-order chi connectivity index (χ1) is 6.75. The highest BCUT2D eigenvalue weighted by Crippen LogP contribution is 2.22. The van der Waals surface area contributed by atoms with Crippen LogP contribution in [0.1, 0.15) is 5.56 Å². The SMILES string of the molecule is Nc1nc(NCc2ccsc2Cl)n[nH]1. The second kappa shape index (κ2) is 3.85. The van der Waals surface area contributed by atoms with E-state index >= 15 is 0 Å². The standard InChI is InChI=1S/C7H8ClN5S/c8-5-4(1-2-14-5)3-10-7-11-6(9)12-13-7/h1-2H,3H2,(H4,9,10,11,12,13). The molecule has 0 radical (unpaired) electrons. The largest absolute Gasteiger partial charge is 0.368 e. The molecule has 0 amide bonds. The summed E-state index contributed by atoms with van der Waals surface area (Å²) < 4.78 is 0.779. The minimum Gasteiger partial charge on any atom is -0.368 e. The zero-order valence-corrected chi connectivity index (χ0v) is 8.69. The topological polar surface area (TPSA) is 79.6 Å². The molecule has 0 saturated carbocycles. The molecule has 0 bridgehead atoms. The number of thiophene rings is 1. The molecule has 2 heterocycles. The molecule has 4 N–H and O–H groups in total. The maximum Gasteiger partial charge on any atom is 0.243 e. The van der Waals surface area contributed by atoms with Gasteiger partial charge in [0.2, 0.25) is 11.9 Å². The second-order valence-electron chi connectivity index (χ2n) is 2.62.